The molecule has 1 heterocycles. The maximum atomic E-state index is 13.2. The van der Waals surface area contributed by atoms with Crippen LogP contribution >= 0.6 is 11.6 Å². The number of aromatic nitrogens is 2. The quantitative estimate of drug-likeness (QED) is 0.577. The molecule has 0 spiro atoms. The van der Waals surface area contributed by atoms with Gasteiger partial charge in [-0.15, -0.1) is 0 Å². The molecule has 0 unspecified atom stereocenters. The van der Waals surface area contributed by atoms with Gasteiger partial charge in [-0.3, -0.25) is 0 Å². The number of hydrogen-bond donors (Lipinski definition) is 2. The summed E-state index contributed by atoms with van der Waals surface area (Å²) >= 11 is 5.70. The minimum atomic E-state index is -4.53. The zero-order valence-corrected chi connectivity index (χ0v) is 14.8. The second-order valence-corrected chi connectivity index (χ2v) is 6.18. The molecule has 27 heavy (non-hydrogen) atoms. The van der Waals surface area contributed by atoms with E-state index in [9.17, 15) is 13.2 Å². The van der Waals surface area contributed by atoms with E-state index in [0.717, 1.165) is 18.1 Å². The number of benzene rings is 2. The van der Waals surface area contributed by atoms with Gasteiger partial charge in [0.15, 0.2) is 0 Å². The van der Waals surface area contributed by atoms with Gasteiger partial charge in [0.05, 0.1) is 11.3 Å². The predicted octanol–water partition coefficient (Wildman–Crippen LogP) is 5.55. The molecule has 2 N–H and O–H groups in total. The van der Waals surface area contributed by atoms with Gasteiger partial charge in [0.1, 0.15) is 5.82 Å². The van der Waals surface area contributed by atoms with E-state index in [1.807, 2.05) is 30.3 Å². The van der Waals surface area contributed by atoms with Crippen LogP contribution in [0.25, 0.3) is 0 Å². The summed E-state index contributed by atoms with van der Waals surface area (Å²) in [4.78, 5) is 8.30. The third-order valence-corrected chi connectivity index (χ3v) is 3.98. The van der Waals surface area contributed by atoms with Crippen LogP contribution in [0.5, 0.6) is 0 Å². The van der Waals surface area contributed by atoms with Crippen molar-refractivity contribution in [3.8, 4) is 0 Å². The Bertz CT molecular complexity index is 901. The van der Waals surface area contributed by atoms with Crippen LogP contribution in [0.3, 0.4) is 0 Å². The molecule has 3 rings (SSSR count). The molecule has 0 atom stereocenters. The summed E-state index contributed by atoms with van der Waals surface area (Å²) in [5, 5.41) is 5.77. The van der Waals surface area contributed by atoms with Crippen LogP contribution in [0.15, 0.2) is 60.8 Å². The molecule has 0 aliphatic heterocycles. The second kappa shape index (κ2) is 8.26. The number of halogens is 4. The van der Waals surface area contributed by atoms with E-state index in [1.54, 1.807) is 0 Å². The largest absolute Gasteiger partial charge is 0.418 e. The minimum absolute atomic E-state index is 0.0128. The van der Waals surface area contributed by atoms with Gasteiger partial charge < -0.3 is 10.6 Å². The fraction of sp³-hybridized carbons (Fsp3) is 0.158. The monoisotopic (exact) mass is 392 g/mol. The van der Waals surface area contributed by atoms with Crippen molar-refractivity contribution in [2.24, 2.45) is 0 Å². The Balaban J connectivity index is 1.69. The van der Waals surface area contributed by atoms with E-state index < -0.39 is 11.7 Å². The van der Waals surface area contributed by atoms with Gasteiger partial charge in [0.25, 0.3) is 0 Å². The van der Waals surface area contributed by atoms with Crippen molar-refractivity contribution >= 4 is 29.1 Å². The van der Waals surface area contributed by atoms with E-state index in [-0.39, 0.29) is 16.5 Å². The van der Waals surface area contributed by atoms with Crippen LogP contribution in [0, 0.1) is 0 Å². The third kappa shape index (κ3) is 5.34. The average Bonchev–Trinajstić information content (AvgIpc) is 2.64. The van der Waals surface area contributed by atoms with Gasteiger partial charge in [-0.2, -0.15) is 18.2 Å². The highest BCUT2D eigenvalue weighted by Crippen LogP contribution is 2.37. The first-order valence-corrected chi connectivity index (χ1v) is 8.54. The summed E-state index contributed by atoms with van der Waals surface area (Å²) in [7, 11) is 0. The highest BCUT2D eigenvalue weighted by Gasteiger charge is 2.33. The van der Waals surface area contributed by atoms with E-state index >= 15 is 0 Å². The van der Waals surface area contributed by atoms with Crippen molar-refractivity contribution in [2.45, 2.75) is 12.6 Å². The van der Waals surface area contributed by atoms with Crippen LogP contribution in [0.2, 0.25) is 5.02 Å². The third-order valence-electron chi connectivity index (χ3n) is 3.74. The summed E-state index contributed by atoms with van der Waals surface area (Å²) in [5.41, 5.74) is 0.184. The SMILES string of the molecule is FC(F)(F)c1cc(Cl)ccc1Nc1ccnc(NCCc2ccccc2)n1. The molecule has 3 aromatic rings. The summed E-state index contributed by atoms with van der Waals surface area (Å²) in [6.45, 7) is 0.599. The van der Waals surface area contributed by atoms with Gasteiger partial charge in [-0.05, 0) is 36.2 Å². The van der Waals surface area contributed by atoms with Crippen molar-refractivity contribution in [3.05, 3.63) is 76.9 Å². The highest BCUT2D eigenvalue weighted by atomic mass is 35.5. The Labute approximate surface area is 159 Å². The number of nitrogens with zero attached hydrogens (tertiary/aromatic N) is 2. The van der Waals surface area contributed by atoms with Crippen molar-refractivity contribution in [2.75, 3.05) is 17.2 Å². The number of hydrogen-bond acceptors (Lipinski definition) is 4. The van der Waals surface area contributed by atoms with E-state index in [0.29, 0.717) is 12.5 Å². The molecule has 4 nitrogen and oxygen atoms in total. The molecule has 2 aromatic carbocycles. The summed E-state index contributed by atoms with van der Waals surface area (Å²) in [6.07, 6.45) is -2.28. The summed E-state index contributed by atoms with van der Waals surface area (Å²) in [6, 6.07) is 14.9. The van der Waals surface area contributed by atoms with Gasteiger partial charge in [0, 0.05) is 17.8 Å². The maximum Gasteiger partial charge on any atom is 0.418 e. The lowest BCUT2D eigenvalue weighted by atomic mass is 10.1. The van der Waals surface area contributed by atoms with Crippen LogP contribution in [0.4, 0.5) is 30.6 Å². The molecule has 0 saturated heterocycles. The predicted molar refractivity (Wildman–Crippen MR) is 100 cm³/mol. The van der Waals surface area contributed by atoms with Crippen molar-refractivity contribution in [3.63, 3.8) is 0 Å². The van der Waals surface area contributed by atoms with Gasteiger partial charge in [-0.25, -0.2) is 4.98 Å². The minimum Gasteiger partial charge on any atom is -0.354 e. The fourth-order valence-corrected chi connectivity index (χ4v) is 2.65. The molecule has 0 fully saturated rings. The zero-order valence-electron chi connectivity index (χ0n) is 14.1. The number of anilines is 3. The number of nitrogens with one attached hydrogen (secondary N) is 2. The van der Waals surface area contributed by atoms with E-state index in [2.05, 4.69) is 20.6 Å². The van der Waals surface area contributed by atoms with Crippen molar-refractivity contribution in [1.82, 2.24) is 9.97 Å². The molecular formula is C19H16ClF3N4. The second-order valence-electron chi connectivity index (χ2n) is 5.74. The summed E-state index contributed by atoms with van der Waals surface area (Å²) in [5.74, 6) is 0.582. The Morgan fingerprint density at radius 2 is 1.78 bits per heavy atom. The zero-order chi connectivity index (χ0) is 19.3. The van der Waals surface area contributed by atoms with Crippen LogP contribution < -0.4 is 10.6 Å². The molecule has 8 heteroatoms. The van der Waals surface area contributed by atoms with Crippen molar-refractivity contribution < 1.29 is 13.2 Å². The maximum absolute atomic E-state index is 13.2. The topological polar surface area (TPSA) is 49.8 Å². The molecule has 1 aromatic heterocycles. The lowest BCUT2D eigenvalue weighted by Gasteiger charge is -2.15. The van der Waals surface area contributed by atoms with E-state index in [1.165, 1.54) is 24.4 Å². The molecule has 0 radical (unpaired) electrons. The number of alkyl halides is 3. The Morgan fingerprint density at radius 3 is 2.52 bits per heavy atom. The molecule has 140 valence electrons. The normalized spacial score (nSPS) is 11.3. The number of rotatable bonds is 6. The molecule has 0 amide bonds. The Morgan fingerprint density at radius 1 is 1.00 bits per heavy atom. The molecular weight excluding hydrogens is 377 g/mol. The lowest BCUT2D eigenvalue weighted by Crippen LogP contribution is -2.11. The Kier molecular flexibility index (Phi) is 5.81. The average molecular weight is 393 g/mol. The summed E-state index contributed by atoms with van der Waals surface area (Å²) < 4.78 is 39.6. The van der Waals surface area contributed by atoms with E-state index in [4.69, 9.17) is 11.6 Å². The van der Waals surface area contributed by atoms with Crippen LogP contribution in [-0.4, -0.2) is 16.5 Å². The first-order chi connectivity index (χ1) is 12.9. The molecule has 0 bridgehead atoms. The fourth-order valence-electron chi connectivity index (χ4n) is 2.47. The van der Waals surface area contributed by atoms with Gasteiger partial charge >= 0.3 is 6.18 Å². The van der Waals surface area contributed by atoms with Gasteiger partial charge in [0.2, 0.25) is 5.95 Å². The highest BCUT2D eigenvalue weighted by molar-refractivity contribution is 6.30. The van der Waals surface area contributed by atoms with Crippen LogP contribution in [0.1, 0.15) is 11.1 Å². The first kappa shape index (κ1) is 19.0. The Hall–Kier alpha value is -2.80. The molecule has 0 saturated carbocycles. The molecule has 0 aliphatic carbocycles. The smallest absolute Gasteiger partial charge is 0.354 e. The van der Waals surface area contributed by atoms with Crippen molar-refractivity contribution in [1.29, 1.82) is 0 Å². The first-order valence-electron chi connectivity index (χ1n) is 8.16. The van der Waals surface area contributed by atoms with Gasteiger partial charge in [-0.1, -0.05) is 41.9 Å². The lowest BCUT2D eigenvalue weighted by molar-refractivity contribution is -0.136. The standard InChI is InChI=1S/C19H16ClF3N4/c20-14-6-7-16(15(12-14)19(21,22)23)26-17-9-11-25-18(27-17)24-10-8-13-4-2-1-3-5-13/h1-7,9,11-12H,8,10H2,(H2,24,25,26,27). The van der Waals surface area contributed by atoms with Crippen LogP contribution in [-0.2, 0) is 12.6 Å². The molecule has 0 aliphatic rings.